The van der Waals surface area contributed by atoms with Crippen LogP contribution in [0.25, 0.3) is 0 Å². The number of nitrogens with one attached hydrogen (secondary N) is 1. The van der Waals surface area contributed by atoms with Crippen LogP contribution in [0.4, 0.5) is 4.39 Å². The van der Waals surface area contributed by atoms with Gasteiger partial charge in [0.05, 0.1) is 0 Å². The normalized spacial score (nSPS) is 17.1. The van der Waals surface area contributed by atoms with Crippen LogP contribution < -0.4 is 4.72 Å². The number of rotatable bonds is 6. The molecule has 8 heteroatoms. The smallest absolute Gasteiger partial charge is 0.244 e. The van der Waals surface area contributed by atoms with Gasteiger partial charge in [0.2, 0.25) is 15.9 Å². The Balaban J connectivity index is 1.84. The molecule has 3 rings (SSSR count). The van der Waals surface area contributed by atoms with Crippen molar-refractivity contribution in [2.24, 2.45) is 0 Å². The predicted octanol–water partition coefficient (Wildman–Crippen LogP) is 3.05. The van der Waals surface area contributed by atoms with Crippen molar-refractivity contribution in [3.8, 4) is 0 Å². The van der Waals surface area contributed by atoms with E-state index in [9.17, 15) is 17.6 Å². The Morgan fingerprint density at radius 2 is 1.66 bits per heavy atom. The van der Waals surface area contributed by atoms with Crippen LogP contribution in [-0.2, 0) is 21.2 Å². The van der Waals surface area contributed by atoms with Crippen LogP contribution in [-0.4, -0.2) is 61.9 Å². The molecule has 0 aliphatic carbocycles. The van der Waals surface area contributed by atoms with Gasteiger partial charge in [-0.2, -0.15) is 4.72 Å². The Hall–Kier alpha value is -2.29. The third-order valence-corrected chi connectivity index (χ3v) is 7.27. The highest BCUT2D eigenvalue weighted by Crippen LogP contribution is 2.19. The van der Waals surface area contributed by atoms with Gasteiger partial charge in [0, 0.05) is 31.7 Å². The van der Waals surface area contributed by atoms with E-state index < -0.39 is 26.8 Å². The van der Waals surface area contributed by atoms with Gasteiger partial charge in [-0.3, -0.25) is 9.69 Å². The maximum atomic E-state index is 14.2. The minimum atomic E-state index is -4.22. The molecule has 2 aromatic carbocycles. The molecule has 1 N–H and O–H groups in total. The maximum Gasteiger partial charge on any atom is 0.244 e. The molecule has 1 aliphatic rings. The van der Waals surface area contributed by atoms with E-state index in [1.165, 1.54) is 18.2 Å². The first-order chi connectivity index (χ1) is 15.1. The standard InChI is InChI=1S/C24H32FN3O3S/c1-24(2,3)28-15-9-14-27(16-17-28)23(29)21(18-19-10-5-4-6-11-19)26-32(30,31)22-13-8-7-12-20(22)25/h4-8,10-13,21,26H,9,14-18H2,1-3H3. The summed E-state index contributed by atoms with van der Waals surface area (Å²) in [6.45, 7) is 9.09. The van der Waals surface area contributed by atoms with Gasteiger partial charge in [-0.25, -0.2) is 12.8 Å². The third kappa shape index (κ3) is 6.15. The van der Waals surface area contributed by atoms with Crippen molar-refractivity contribution in [3.05, 3.63) is 66.0 Å². The number of carbonyl (C=O) groups excluding carboxylic acids is 1. The fourth-order valence-electron chi connectivity index (χ4n) is 3.97. The highest BCUT2D eigenvalue weighted by Gasteiger charge is 2.32. The zero-order valence-corrected chi connectivity index (χ0v) is 19.7. The number of hydrogen-bond acceptors (Lipinski definition) is 4. The molecule has 1 fully saturated rings. The molecule has 1 unspecified atom stereocenters. The summed E-state index contributed by atoms with van der Waals surface area (Å²) in [5.74, 6) is -1.13. The molecular formula is C24H32FN3O3S. The summed E-state index contributed by atoms with van der Waals surface area (Å²) < 4.78 is 42.6. The molecule has 6 nitrogen and oxygen atoms in total. The summed E-state index contributed by atoms with van der Waals surface area (Å²) in [6.07, 6.45) is 0.994. The lowest BCUT2D eigenvalue weighted by Gasteiger charge is -2.34. The largest absolute Gasteiger partial charge is 0.340 e. The van der Waals surface area contributed by atoms with Crippen molar-refractivity contribution in [2.75, 3.05) is 26.2 Å². The monoisotopic (exact) mass is 461 g/mol. The van der Waals surface area contributed by atoms with Crippen LogP contribution in [0.5, 0.6) is 0 Å². The van der Waals surface area contributed by atoms with E-state index in [0.717, 1.165) is 24.6 Å². The Kier molecular flexibility index (Phi) is 7.69. The molecule has 0 radical (unpaired) electrons. The van der Waals surface area contributed by atoms with Crippen molar-refractivity contribution in [1.29, 1.82) is 0 Å². The molecule has 1 atom stereocenters. The van der Waals surface area contributed by atoms with E-state index in [4.69, 9.17) is 0 Å². The van der Waals surface area contributed by atoms with Crippen LogP contribution in [0.15, 0.2) is 59.5 Å². The molecule has 1 aliphatic heterocycles. The molecule has 0 aromatic heterocycles. The summed E-state index contributed by atoms with van der Waals surface area (Å²) in [6, 6.07) is 13.4. The summed E-state index contributed by atoms with van der Waals surface area (Å²) in [7, 11) is -4.22. The quantitative estimate of drug-likeness (QED) is 0.718. The van der Waals surface area contributed by atoms with Gasteiger partial charge in [-0.15, -0.1) is 0 Å². The molecule has 1 amide bonds. The van der Waals surface area contributed by atoms with Gasteiger partial charge < -0.3 is 4.90 Å². The Labute approximate surface area is 190 Å². The molecule has 0 saturated carbocycles. The van der Waals surface area contributed by atoms with E-state index in [1.54, 1.807) is 4.90 Å². The fourth-order valence-corrected chi connectivity index (χ4v) is 5.24. The molecule has 2 aromatic rings. The fraction of sp³-hybridized carbons (Fsp3) is 0.458. The lowest BCUT2D eigenvalue weighted by Crippen LogP contribution is -2.51. The van der Waals surface area contributed by atoms with Crippen LogP contribution in [0.2, 0.25) is 0 Å². The number of hydrogen-bond donors (Lipinski definition) is 1. The molecule has 1 saturated heterocycles. The molecule has 0 bridgehead atoms. The van der Waals surface area contributed by atoms with Gasteiger partial charge in [0.1, 0.15) is 16.8 Å². The van der Waals surface area contributed by atoms with E-state index >= 15 is 0 Å². The summed E-state index contributed by atoms with van der Waals surface area (Å²) in [4.78, 5) is 17.1. The van der Waals surface area contributed by atoms with Crippen LogP contribution in [0, 0.1) is 5.82 Å². The van der Waals surface area contributed by atoms with Crippen molar-refractivity contribution in [2.45, 2.75) is 50.1 Å². The van der Waals surface area contributed by atoms with Crippen molar-refractivity contribution in [3.63, 3.8) is 0 Å². The number of nitrogens with zero attached hydrogens (tertiary/aromatic N) is 2. The highest BCUT2D eigenvalue weighted by atomic mass is 32.2. The molecule has 0 spiro atoms. The number of amides is 1. The second kappa shape index (κ2) is 10.1. The number of carbonyl (C=O) groups is 1. The van der Waals surface area contributed by atoms with E-state index in [2.05, 4.69) is 30.4 Å². The first-order valence-electron chi connectivity index (χ1n) is 10.9. The van der Waals surface area contributed by atoms with Crippen LogP contribution >= 0.6 is 0 Å². The van der Waals surface area contributed by atoms with Crippen molar-refractivity contribution >= 4 is 15.9 Å². The summed E-state index contributed by atoms with van der Waals surface area (Å²) in [5.41, 5.74) is 0.822. The molecular weight excluding hydrogens is 429 g/mol. The second-order valence-electron chi connectivity index (χ2n) is 9.13. The van der Waals surface area contributed by atoms with Crippen LogP contribution in [0.3, 0.4) is 0 Å². The van der Waals surface area contributed by atoms with Gasteiger partial charge >= 0.3 is 0 Å². The zero-order chi connectivity index (χ0) is 23.4. The topological polar surface area (TPSA) is 69.7 Å². The predicted molar refractivity (Wildman–Crippen MR) is 123 cm³/mol. The first kappa shape index (κ1) is 24.4. The molecule has 32 heavy (non-hydrogen) atoms. The third-order valence-electron chi connectivity index (χ3n) is 5.76. The van der Waals surface area contributed by atoms with Crippen molar-refractivity contribution in [1.82, 2.24) is 14.5 Å². The summed E-state index contributed by atoms with van der Waals surface area (Å²) >= 11 is 0. The van der Waals surface area contributed by atoms with Gasteiger partial charge in [-0.1, -0.05) is 42.5 Å². The lowest BCUT2D eigenvalue weighted by molar-refractivity contribution is -0.132. The van der Waals surface area contributed by atoms with Gasteiger partial charge in [-0.05, 0) is 51.3 Å². The molecule has 174 valence electrons. The average Bonchev–Trinajstić information content (AvgIpc) is 3.00. The zero-order valence-electron chi connectivity index (χ0n) is 18.9. The van der Waals surface area contributed by atoms with Gasteiger partial charge in [0.25, 0.3) is 0 Å². The minimum absolute atomic E-state index is 0.00504. The summed E-state index contributed by atoms with van der Waals surface area (Å²) in [5, 5.41) is 0. The van der Waals surface area contributed by atoms with E-state index in [-0.39, 0.29) is 17.9 Å². The average molecular weight is 462 g/mol. The second-order valence-corrected chi connectivity index (χ2v) is 10.8. The first-order valence-corrected chi connectivity index (χ1v) is 12.4. The Bertz CT molecular complexity index is 1020. The lowest BCUT2D eigenvalue weighted by atomic mass is 10.1. The molecule has 1 heterocycles. The Morgan fingerprint density at radius 1 is 1.00 bits per heavy atom. The maximum absolute atomic E-state index is 14.2. The van der Waals surface area contributed by atoms with Gasteiger partial charge in [0.15, 0.2) is 0 Å². The SMILES string of the molecule is CC(C)(C)N1CCCN(C(=O)C(Cc2ccccc2)NS(=O)(=O)c2ccccc2F)CC1. The highest BCUT2D eigenvalue weighted by molar-refractivity contribution is 7.89. The van der Waals surface area contributed by atoms with Crippen LogP contribution in [0.1, 0.15) is 32.8 Å². The minimum Gasteiger partial charge on any atom is -0.340 e. The Morgan fingerprint density at radius 3 is 2.31 bits per heavy atom. The number of sulfonamides is 1. The van der Waals surface area contributed by atoms with E-state index in [0.29, 0.717) is 19.6 Å². The number of benzene rings is 2. The van der Waals surface area contributed by atoms with E-state index in [1.807, 2.05) is 30.3 Å². The van der Waals surface area contributed by atoms with Crippen molar-refractivity contribution < 1.29 is 17.6 Å². The number of halogens is 1.